The van der Waals surface area contributed by atoms with Gasteiger partial charge in [-0.05, 0) is 228 Å². The van der Waals surface area contributed by atoms with Crippen molar-refractivity contribution in [2.75, 3.05) is 0 Å². The fraction of sp³-hybridized carbons (Fsp3) is 0.0455. The lowest BCUT2D eigenvalue weighted by molar-refractivity contribution is 0.661. The summed E-state index contributed by atoms with van der Waals surface area (Å²) < 4.78 is 9.91. The Morgan fingerprint density at radius 3 is 1.32 bits per heavy atom. The highest BCUT2D eigenvalue weighted by Crippen LogP contribution is 2.54. The number of para-hydroxylation sites is 4. The quantitative estimate of drug-likeness (QED) is 0.0778. The Hall–Kier alpha value is -16.9. The average molecular weight is 1810 g/mol. The molecule has 2 aliphatic carbocycles. The molecule has 27 aromatic rings. The van der Waals surface area contributed by atoms with Crippen LogP contribution >= 0.6 is 11.3 Å². The molecule has 5 heterocycles. The number of fused-ring (bicyclic) bond motifs is 27. The van der Waals surface area contributed by atoms with Crippen molar-refractivity contribution in [3.63, 3.8) is 0 Å². The van der Waals surface area contributed by atoms with Crippen molar-refractivity contribution in [1.82, 2.24) is 23.7 Å². The molecule has 0 bridgehead atoms. The average Bonchev–Trinajstić information content (AvgIpc) is 1.56. The van der Waals surface area contributed by atoms with Crippen LogP contribution in [0, 0.1) is 0 Å². The summed E-state index contributed by atoms with van der Waals surface area (Å²) in [5, 5.41) is 27.2. The van der Waals surface area contributed by atoms with Crippen LogP contribution in [0.2, 0.25) is 0 Å². The number of thiophene rings is 1. The van der Waals surface area contributed by atoms with Gasteiger partial charge in [0, 0.05) is 85.6 Å². The van der Waals surface area contributed by atoms with Gasteiger partial charge in [0.1, 0.15) is 0 Å². The molecule has 0 atom stereocenters. The standard InChI is InChI=1S/C45H31N3.C45H31N.C42H29NSSi/c1-45(2)38-16-8-5-13-33(38)36-27-42-37(26-39(36)45)34-14-7-10-18-41(34)48(42)44-46-40-17-9-6-15-35(40)43(47-44)30-22-19-29(20-23-30)32-24-21-28-11-3-4-12-31(28)25-32;1-45(2)41-20-9-7-18-36(41)39-26-40-37-19-8-10-21-43(37)46(44(40)27-42(39)45)30-13-11-12-28(24-30)29-22-23-35-33-16-4-3-14-31(33)32-15-5-6-17-34(32)38(35)25-29;1-4-16-31(17-5-1)45(32-18-6-2-7-19-32,33-20-8-3-9-21-33)34-22-14-15-30(29-34)43-38-25-12-10-24-37(38)41-39(43)28-27-36-35-23-11-13-26-40(35)44-42(36)41/h3-27H,1-2H3;3-27H,1-2H3;1-29H. The molecular formula is C132H91N5SSi. The van der Waals surface area contributed by atoms with Gasteiger partial charge in [0.05, 0.1) is 44.3 Å². The predicted octanol–water partition coefficient (Wildman–Crippen LogP) is 32.3. The van der Waals surface area contributed by atoms with Gasteiger partial charge in [0.25, 0.3) is 0 Å². The van der Waals surface area contributed by atoms with Crippen molar-refractivity contribution in [1.29, 1.82) is 0 Å². The van der Waals surface area contributed by atoms with Crippen LogP contribution in [0.1, 0.15) is 49.9 Å². The SMILES string of the molecule is CC1(C)c2ccccc2-c2cc3c(cc21)c1ccccc1n3-c1nc(-c2ccc(-c3ccc4ccccc4c3)cc2)c2ccccc2n1.CC1(C)c2ccccc2-c2cc3c4ccccc4n(-c4cccc(-c5ccc6c7ccccc7c7ccccc7c6c5)c4)c3cc21.c1ccc([Si](c2ccccc2)(c2ccccc2)c2cccc(-n3c4ccccc4c4c5sc6ccccc6c5ccc43)c2)cc1. The summed E-state index contributed by atoms with van der Waals surface area (Å²) in [6, 6.07) is 176. The van der Waals surface area contributed by atoms with Gasteiger partial charge >= 0.3 is 0 Å². The van der Waals surface area contributed by atoms with Crippen LogP contribution < -0.4 is 20.7 Å². The fourth-order valence-corrected chi connectivity index (χ4v) is 29.8. The van der Waals surface area contributed by atoms with E-state index in [-0.39, 0.29) is 10.8 Å². The first-order valence-corrected chi connectivity index (χ1v) is 51.0. The first kappa shape index (κ1) is 81.6. The van der Waals surface area contributed by atoms with E-state index in [1.807, 2.05) is 11.3 Å². The second kappa shape index (κ2) is 32.1. The number of hydrogen-bond donors (Lipinski definition) is 0. The van der Waals surface area contributed by atoms with Gasteiger partial charge in [-0.3, -0.25) is 4.57 Å². The summed E-state index contributed by atoms with van der Waals surface area (Å²) in [4.78, 5) is 10.6. The number of hydrogen-bond acceptors (Lipinski definition) is 3. The maximum Gasteiger partial charge on any atom is 0.235 e. The van der Waals surface area contributed by atoms with Gasteiger partial charge < -0.3 is 9.13 Å². The molecule has 0 amide bonds. The molecule has 139 heavy (non-hydrogen) atoms. The van der Waals surface area contributed by atoms with Crippen molar-refractivity contribution in [2.45, 2.75) is 38.5 Å². The van der Waals surface area contributed by atoms with E-state index < -0.39 is 8.07 Å². The second-order valence-electron chi connectivity index (χ2n) is 38.5. The lowest BCUT2D eigenvalue weighted by atomic mass is 9.82. The van der Waals surface area contributed by atoms with Gasteiger partial charge in [-0.1, -0.05) is 410 Å². The minimum atomic E-state index is -2.66. The summed E-state index contributed by atoms with van der Waals surface area (Å²) in [5.74, 6) is 0.680. The highest BCUT2D eigenvalue weighted by atomic mass is 32.1. The minimum absolute atomic E-state index is 0.0543. The molecule has 5 aromatic heterocycles. The van der Waals surface area contributed by atoms with Crippen LogP contribution in [0.3, 0.4) is 0 Å². The minimum Gasteiger partial charge on any atom is -0.309 e. The zero-order valence-electron chi connectivity index (χ0n) is 77.3. The summed E-state index contributed by atoms with van der Waals surface area (Å²) >= 11 is 1.91. The maximum absolute atomic E-state index is 5.38. The smallest absolute Gasteiger partial charge is 0.235 e. The Morgan fingerprint density at radius 1 is 0.223 bits per heavy atom. The van der Waals surface area contributed by atoms with Crippen molar-refractivity contribution < 1.29 is 0 Å². The van der Waals surface area contributed by atoms with E-state index in [0.717, 1.165) is 33.2 Å². The number of rotatable bonds is 10. The monoisotopic (exact) mass is 1810 g/mol. The van der Waals surface area contributed by atoms with E-state index in [1.165, 1.54) is 217 Å². The molecule has 22 aromatic carbocycles. The van der Waals surface area contributed by atoms with E-state index >= 15 is 0 Å². The predicted molar refractivity (Wildman–Crippen MR) is 593 cm³/mol. The molecule has 2 aliphatic rings. The number of aromatic nitrogens is 5. The van der Waals surface area contributed by atoms with Crippen LogP contribution in [0.4, 0.5) is 0 Å². The van der Waals surface area contributed by atoms with Crippen LogP contribution in [-0.2, 0) is 10.8 Å². The highest BCUT2D eigenvalue weighted by Gasteiger charge is 2.43. The molecule has 0 aliphatic heterocycles. The Kier molecular flexibility index (Phi) is 18.9. The first-order chi connectivity index (χ1) is 68.5. The molecule has 5 nitrogen and oxygen atoms in total. The molecule has 29 rings (SSSR count). The molecular weight excluding hydrogens is 1720 g/mol. The zero-order chi connectivity index (χ0) is 92.4. The lowest BCUT2D eigenvalue weighted by Crippen LogP contribution is -2.74. The fourth-order valence-electron chi connectivity index (χ4n) is 23.8. The van der Waals surface area contributed by atoms with E-state index in [0.29, 0.717) is 5.95 Å². The van der Waals surface area contributed by atoms with Gasteiger partial charge in [0.15, 0.2) is 8.07 Å². The van der Waals surface area contributed by atoms with Gasteiger partial charge in [-0.15, -0.1) is 11.3 Å². The number of benzene rings is 22. The van der Waals surface area contributed by atoms with Crippen LogP contribution in [0.25, 0.3) is 213 Å². The Balaban J connectivity index is 0.000000105. The topological polar surface area (TPSA) is 40.6 Å². The molecule has 0 spiro atoms. The van der Waals surface area contributed by atoms with Gasteiger partial charge in [-0.2, -0.15) is 0 Å². The van der Waals surface area contributed by atoms with E-state index in [1.54, 1.807) is 0 Å². The normalized spacial score (nSPS) is 13.0. The van der Waals surface area contributed by atoms with E-state index in [2.05, 4.69) is 521 Å². The summed E-state index contributed by atoms with van der Waals surface area (Å²) in [7, 11) is -2.66. The molecule has 654 valence electrons. The molecule has 0 unspecified atom stereocenters. The van der Waals surface area contributed by atoms with Crippen molar-refractivity contribution in [3.8, 4) is 73.1 Å². The molecule has 0 radical (unpaired) electrons. The molecule has 0 N–H and O–H groups in total. The summed E-state index contributed by atoms with van der Waals surface area (Å²) in [6.07, 6.45) is 0. The third kappa shape index (κ3) is 12.8. The Bertz CT molecular complexity index is 9590. The van der Waals surface area contributed by atoms with Crippen LogP contribution in [0.15, 0.2) is 479 Å². The van der Waals surface area contributed by atoms with Gasteiger partial charge in [-0.25, -0.2) is 9.97 Å². The van der Waals surface area contributed by atoms with Crippen molar-refractivity contribution in [2.24, 2.45) is 0 Å². The molecule has 0 fully saturated rings. The van der Waals surface area contributed by atoms with Crippen molar-refractivity contribution in [3.05, 3.63) is 501 Å². The third-order valence-electron chi connectivity index (χ3n) is 30.3. The lowest BCUT2D eigenvalue weighted by Gasteiger charge is -2.34. The zero-order valence-corrected chi connectivity index (χ0v) is 79.1. The summed E-state index contributed by atoms with van der Waals surface area (Å²) in [5.41, 5.74) is 28.1. The second-order valence-corrected chi connectivity index (χ2v) is 43.4. The highest BCUT2D eigenvalue weighted by molar-refractivity contribution is 7.26. The first-order valence-electron chi connectivity index (χ1n) is 48.2. The van der Waals surface area contributed by atoms with Crippen LogP contribution in [-0.4, -0.2) is 31.7 Å². The Labute approximate surface area is 810 Å². The Morgan fingerprint density at radius 2 is 0.662 bits per heavy atom. The van der Waals surface area contributed by atoms with E-state index in [4.69, 9.17) is 9.97 Å². The molecule has 0 saturated heterocycles. The number of nitrogens with zero attached hydrogens (tertiary/aromatic N) is 5. The summed E-state index contributed by atoms with van der Waals surface area (Å²) in [6.45, 7) is 9.41. The largest absolute Gasteiger partial charge is 0.309 e. The maximum atomic E-state index is 5.38. The van der Waals surface area contributed by atoms with Gasteiger partial charge in [0.2, 0.25) is 5.95 Å². The third-order valence-corrected chi connectivity index (χ3v) is 36.3. The van der Waals surface area contributed by atoms with E-state index in [9.17, 15) is 0 Å². The van der Waals surface area contributed by atoms with Crippen LogP contribution in [0.5, 0.6) is 0 Å². The van der Waals surface area contributed by atoms with Crippen molar-refractivity contribution >= 4 is 180 Å². The molecule has 0 saturated carbocycles. The molecule has 7 heteroatoms.